The molecular formula is C11H16N2O3. The summed E-state index contributed by atoms with van der Waals surface area (Å²) in [5.41, 5.74) is 0.246. The average molecular weight is 224 g/mol. The minimum Gasteiger partial charge on any atom is -0.494 e. The van der Waals surface area contributed by atoms with E-state index in [0.29, 0.717) is 17.2 Å². The number of aromatic nitrogens is 1. The number of aromatic amines is 1. The minimum absolute atomic E-state index is 0.000833. The van der Waals surface area contributed by atoms with Crippen LogP contribution in [0.2, 0.25) is 0 Å². The molecule has 1 fully saturated rings. The Hall–Kier alpha value is -1.36. The number of hydrogen-bond acceptors (Lipinski definition) is 4. The zero-order valence-corrected chi connectivity index (χ0v) is 9.37. The Bertz CT molecular complexity index is 443. The van der Waals surface area contributed by atoms with Crippen molar-refractivity contribution in [2.75, 3.05) is 6.54 Å². The molecule has 1 aromatic rings. The van der Waals surface area contributed by atoms with Gasteiger partial charge in [-0.25, -0.2) is 0 Å². The summed E-state index contributed by atoms with van der Waals surface area (Å²) < 4.78 is 5.77. The highest BCUT2D eigenvalue weighted by atomic mass is 16.5. The molecule has 0 amide bonds. The lowest BCUT2D eigenvalue weighted by molar-refractivity contribution is 0.0464. The summed E-state index contributed by atoms with van der Waals surface area (Å²) >= 11 is 0. The van der Waals surface area contributed by atoms with E-state index in [-0.39, 0.29) is 17.9 Å². The van der Waals surface area contributed by atoms with Crippen LogP contribution in [-0.2, 0) is 5.54 Å². The van der Waals surface area contributed by atoms with E-state index in [0.717, 1.165) is 13.0 Å². The van der Waals surface area contributed by atoms with Crippen LogP contribution in [0.5, 0.6) is 17.5 Å². The molecule has 3 atom stereocenters. The third-order valence-electron chi connectivity index (χ3n) is 3.86. The van der Waals surface area contributed by atoms with Gasteiger partial charge < -0.3 is 20.3 Å². The van der Waals surface area contributed by atoms with E-state index < -0.39 is 5.54 Å². The fourth-order valence-corrected chi connectivity index (χ4v) is 3.03. The van der Waals surface area contributed by atoms with E-state index in [1.54, 1.807) is 0 Å². The van der Waals surface area contributed by atoms with Crippen molar-refractivity contribution < 1.29 is 14.9 Å². The van der Waals surface area contributed by atoms with Gasteiger partial charge in [0.25, 0.3) is 0 Å². The molecule has 5 nitrogen and oxygen atoms in total. The summed E-state index contributed by atoms with van der Waals surface area (Å²) in [5, 5.41) is 22.8. The highest BCUT2D eigenvalue weighted by Crippen LogP contribution is 2.53. The Labute approximate surface area is 93.4 Å². The first-order valence-electron chi connectivity index (χ1n) is 5.60. The van der Waals surface area contributed by atoms with E-state index in [9.17, 15) is 10.2 Å². The molecule has 0 aromatic carbocycles. The quantitative estimate of drug-likeness (QED) is 0.531. The second-order valence-corrected chi connectivity index (χ2v) is 4.96. The molecule has 1 aromatic heterocycles. The van der Waals surface area contributed by atoms with E-state index >= 15 is 0 Å². The summed E-state index contributed by atoms with van der Waals surface area (Å²) in [5.74, 6) is 0.708. The molecule has 88 valence electrons. The van der Waals surface area contributed by atoms with Gasteiger partial charge in [0.1, 0.15) is 6.10 Å². The molecule has 1 unspecified atom stereocenters. The molecule has 3 heterocycles. The van der Waals surface area contributed by atoms with Crippen LogP contribution >= 0.6 is 0 Å². The molecule has 5 heteroatoms. The monoisotopic (exact) mass is 224 g/mol. The number of H-pyrrole nitrogens is 1. The highest BCUT2D eigenvalue weighted by Gasteiger charge is 2.53. The number of piperidine rings is 1. The fourth-order valence-electron chi connectivity index (χ4n) is 3.03. The number of fused-ring (bicyclic) bond motifs is 3. The summed E-state index contributed by atoms with van der Waals surface area (Å²) in [4.78, 5) is 2.50. The van der Waals surface area contributed by atoms with Crippen LogP contribution in [0.4, 0.5) is 0 Å². The summed E-state index contributed by atoms with van der Waals surface area (Å²) in [6.45, 7) is 5.03. The molecule has 2 aliphatic heterocycles. The summed E-state index contributed by atoms with van der Waals surface area (Å²) in [6, 6.07) is 0. The van der Waals surface area contributed by atoms with Crippen LogP contribution < -0.4 is 10.1 Å². The third kappa shape index (κ3) is 0.988. The maximum atomic E-state index is 9.81. The SMILES string of the molecule is C[C@H]1CCN[C@]2(C)c3c(O)[nH]c(O)c3OC12. The lowest BCUT2D eigenvalue weighted by Gasteiger charge is -2.39. The van der Waals surface area contributed by atoms with Crippen molar-refractivity contribution in [3.05, 3.63) is 5.56 Å². The van der Waals surface area contributed by atoms with E-state index in [1.807, 2.05) is 6.92 Å². The first-order chi connectivity index (χ1) is 7.54. The van der Waals surface area contributed by atoms with Gasteiger partial charge in [-0.15, -0.1) is 0 Å². The van der Waals surface area contributed by atoms with Crippen LogP contribution in [-0.4, -0.2) is 27.8 Å². The zero-order chi connectivity index (χ0) is 11.5. The van der Waals surface area contributed by atoms with Crippen LogP contribution in [0.25, 0.3) is 0 Å². The normalized spacial score (nSPS) is 36.6. The molecule has 16 heavy (non-hydrogen) atoms. The Morgan fingerprint density at radius 3 is 2.88 bits per heavy atom. The molecule has 0 bridgehead atoms. The van der Waals surface area contributed by atoms with E-state index in [4.69, 9.17) is 4.74 Å². The van der Waals surface area contributed by atoms with Gasteiger partial charge in [-0.05, 0) is 25.8 Å². The fraction of sp³-hybridized carbons (Fsp3) is 0.636. The van der Waals surface area contributed by atoms with Crippen molar-refractivity contribution in [2.24, 2.45) is 5.92 Å². The van der Waals surface area contributed by atoms with Crippen molar-refractivity contribution in [1.29, 1.82) is 0 Å². The lowest BCUT2D eigenvalue weighted by Crippen LogP contribution is -2.55. The Balaban J connectivity index is 2.15. The third-order valence-corrected chi connectivity index (χ3v) is 3.86. The van der Waals surface area contributed by atoms with Gasteiger partial charge in [-0.2, -0.15) is 0 Å². The molecule has 0 radical (unpaired) electrons. The lowest BCUT2D eigenvalue weighted by atomic mass is 9.79. The Kier molecular flexibility index (Phi) is 1.75. The molecule has 0 spiro atoms. The highest BCUT2D eigenvalue weighted by molar-refractivity contribution is 5.57. The van der Waals surface area contributed by atoms with Gasteiger partial charge in [0.15, 0.2) is 11.6 Å². The molecule has 0 aliphatic carbocycles. The molecule has 4 N–H and O–H groups in total. The predicted octanol–water partition coefficient (Wildman–Crippen LogP) is 1.03. The Morgan fingerprint density at radius 1 is 1.38 bits per heavy atom. The number of nitrogens with one attached hydrogen (secondary N) is 2. The maximum absolute atomic E-state index is 9.81. The van der Waals surface area contributed by atoms with Gasteiger partial charge in [0, 0.05) is 0 Å². The molecular weight excluding hydrogens is 208 g/mol. The molecule has 0 saturated carbocycles. The van der Waals surface area contributed by atoms with Crippen molar-refractivity contribution in [1.82, 2.24) is 10.3 Å². The second-order valence-electron chi connectivity index (χ2n) is 4.96. The van der Waals surface area contributed by atoms with Gasteiger partial charge in [0.05, 0.1) is 11.1 Å². The molecule has 3 rings (SSSR count). The number of aromatic hydroxyl groups is 2. The van der Waals surface area contributed by atoms with Gasteiger partial charge in [-0.1, -0.05) is 6.92 Å². The van der Waals surface area contributed by atoms with Gasteiger partial charge >= 0.3 is 0 Å². The van der Waals surface area contributed by atoms with Crippen molar-refractivity contribution in [3.8, 4) is 17.5 Å². The smallest absolute Gasteiger partial charge is 0.235 e. The zero-order valence-electron chi connectivity index (χ0n) is 9.37. The average Bonchev–Trinajstić information content (AvgIpc) is 2.66. The largest absolute Gasteiger partial charge is 0.494 e. The number of ether oxygens (including phenoxy) is 1. The number of hydrogen-bond donors (Lipinski definition) is 4. The van der Waals surface area contributed by atoms with Gasteiger partial charge in [0.2, 0.25) is 5.88 Å². The van der Waals surface area contributed by atoms with Crippen LogP contribution in [0.15, 0.2) is 0 Å². The van der Waals surface area contributed by atoms with Gasteiger partial charge in [-0.3, -0.25) is 4.98 Å². The first-order valence-corrected chi connectivity index (χ1v) is 5.60. The van der Waals surface area contributed by atoms with E-state index in [1.165, 1.54) is 0 Å². The number of rotatable bonds is 0. The summed E-state index contributed by atoms with van der Waals surface area (Å²) in [7, 11) is 0. The van der Waals surface area contributed by atoms with Crippen molar-refractivity contribution in [3.63, 3.8) is 0 Å². The van der Waals surface area contributed by atoms with E-state index in [2.05, 4.69) is 17.2 Å². The predicted molar refractivity (Wildman–Crippen MR) is 57.7 cm³/mol. The van der Waals surface area contributed by atoms with Crippen LogP contribution in [0.1, 0.15) is 25.8 Å². The van der Waals surface area contributed by atoms with Crippen LogP contribution in [0.3, 0.4) is 0 Å². The summed E-state index contributed by atoms with van der Waals surface area (Å²) in [6.07, 6.45) is 1.01. The topological polar surface area (TPSA) is 77.5 Å². The van der Waals surface area contributed by atoms with Crippen molar-refractivity contribution in [2.45, 2.75) is 31.9 Å². The molecule has 1 saturated heterocycles. The second kappa shape index (κ2) is 2.85. The van der Waals surface area contributed by atoms with Crippen molar-refractivity contribution >= 4 is 0 Å². The van der Waals surface area contributed by atoms with Crippen LogP contribution in [0, 0.1) is 5.92 Å². The standard InChI is InChI=1S/C11H16N2O3/c1-5-3-4-12-11(2)6-7(16-8(5)11)10(15)13-9(6)14/h5,8,12-15H,3-4H2,1-2H3/t5-,8?,11+/m0/s1. The minimum atomic E-state index is -0.408. The first kappa shape index (κ1) is 9.84. The maximum Gasteiger partial charge on any atom is 0.235 e. The molecule has 2 aliphatic rings. The Morgan fingerprint density at radius 2 is 2.12 bits per heavy atom.